The van der Waals surface area contributed by atoms with Gasteiger partial charge in [-0.05, 0) is 43.2 Å². The number of fused-ring (bicyclic) bond motifs is 2. The maximum atomic E-state index is 12.6. The normalized spacial score (nSPS) is 17.1. The van der Waals surface area contributed by atoms with E-state index in [1.165, 1.54) is 22.5 Å². The molecular formula is C19H18N2O3S. The fourth-order valence-electron chi connectivity index (χ4n) is 3.10. The molecule has 0 bridgehead atoms. The Morgan fingerprint density at radius 3 is 2.80 bits per heavy atom. The van der Waals surface area contributed by atoms with Crippen LogP contribution in [0.15, 0.2) is 41.4 Å². The first kappa shape index (κ1) is 15.9. The Bertz CT molecular complexity index is 1050. The summed E-state index contributed by atoms with van der Waals surface area (Å²) >= 11 is 1.51. The molecule has 25 heavy (non-hydrogen) atoms. The van der Waals surface area contributed by atoms with Gasteiger partial charge in [0.05, 0.1) is 10.2 Å². The van der Waals surface area contributed by atoms with Crippen molar-refractivity contribution in [1.82, 2.24) is 4.57 Å². The van der Waals surface area contributed by atoms with E-state index >= 15 is 0 Å². The number of nitrogens with zero attached hydrogens (tertiary/aromatic N) is 2. The summed E-state index contributed by atoms with van der Waals surface area (Å²) in [5.74, 6) is 0.908. The highest BCUT2D eigenvalue weighted by molar-refractivity contribution is 7.16. The van der Waals surface area contributed by atoms with E-state index in [0.717, 1.165) is 10.2 Å². The molecule has 2 aromatic carbocycles. The second-order valence-electron chi connectivity index (χ2n) is 6.19. The van der Waals surface area contributed by atoms with Crippen molar-refractivity contribution in [2.45, 2.75) is 20.0 Å². The summed E-state index contributed by atoms with van der Waals surface area (Å²) in [6.07, 6.45) is -0.719. The Kier molecular flexibility index (Phi) is 3.84. The minimum atomic E-state index is -0.719. The minimum absolute atomic E-state index is 0.173. The first-order valence-corrected chi connectivity index (χ1v) is 8.88. The first-order chi connectivity index (χ1) is 12.0. The van der Waals surface area contributed by atoms with E-state index in [9.17, 15) is 4.79 Å². The Morgan fingerprint density at radius 2 is 2.00 bits per heavy atom. The van der Waals surface area contributed by atoms with E-state index in [1.807, 2.05) is 29.8 Å². The number of aromatic nitrogens is 1. The van der Waals surface area contributed by atoms with Gasteiger partial charge in [-0.3, -0.25) is 4.79 Å². The summed E-state index contributed by atoms with van der Waals surface area (Å²) in [7, 11) is 1.93. The summed E-state index contributed by atoms with van der Waals surface area (Å²) in [4.78, 5) is 17.5. The zero-order valence-corrected chi connectivity index (χ0v) is 15.1. The van der Waals surface area contributed by atoms with Crippen LogP contribution in [0.25, 0.3) is 10.2 Å². The third-order valence-electron chi connectivity index (χ3n) is 4.22. The SMILES string of the molecule is Cc1cc(C)c2c(c1)sc(=NC(=O)[C@@H]1COc3ccccc3O1)n2C. The van der Waals surface area contributed by atoms with Crippen molar-refractivity contribution in [2.24, 2.45) is 12.0 Å². The van der Waals surface area contributed by atoms with Gasteiger partial charge >= 0.3 is 0 Å². The second kappa shape index (κ2) is 6.04. The van der Waals surface area contributed by atoms with Crippen LogP contribution < -0.4 is 14.3 Å². The molecule has 0 fully saturated rings. The third kappa shape index (κ3) is 2.82. The van der Waals surface area contributed by atoms with Crippen molar-refractivity contribution in [1.29, 1.82) is 0 Å². The van der Waals surface area contributed by atoms with Gasteiger partial charge in [0.15, 0.2) is 16.3 Å². The summed E-state index contributed by atoms with van der Waals surface area (Å²) in [5, 5.41) is 0. The molecule has 2 heterocycles. The highest BCUT2D eigenvalue weighted by atomic mass is 32.1. The summed E-state index contributed by atoms with van der Waals surface area (Å²) in [6, 6.07) is 11.6. The number of thiazole rings is 1. The van der Waals surface area contributed by atoms with Crippen LogP contribution in [0.1, 0.15) is 11.1 Å². The lowest BCUT2D eigenvalue weighted by Gasteiger charge is -2.23. The number of ether oxygens (including phenoxy) is 2. The summed E-state index contributed by atoms with van der Waals surface area (Å²) in [5.41, 5.74) is 3.48. The number of hydrogen-bond donors (Lipinski definition) is 0. The van der Waals surface area contributed by atoms with Gasteiger partial charge in [-0.2, -0.15) is 4.99 Å². The zero-order valence-electron chi connectivity index (χ0n) is 14.3. The van der Waals surface area contributed by atoms with E-state index in [4.69, 9.17) is 9.47 Å². The molecule has 0 saturated carbocycles. The lowest BCUT2D eigenvalue weighted by atomic mass is 10.1. The number of benzene rings is 2. The maximum absolute atomic E-state index is 12.6. The molecule has 1 aliphatic rings. The lowest BCUT2D eigenvalue weighted by molar-refractivity contribution is -0.127. The number of carbonyl (C=O) groups is 1. The predicted octanol–water partition coefficient (Wildman–Crippen LogP) is 3.12. The van der Waals surface area contributed by atoms with E-state index in [-0.39, 0.29) is 12.5 Å². The second-order valence-corrected chi connectivity index (χ2v) is 7.20. The molecular weight excluding hydrogens is 336 g/mol. The fraction of sp³-hybridized carbons (Fsp3) is 0.263. The van der Waals surface area contributed by atoms with Crippen LogP contribution in [0.5, 0.6) is 11.5 Å². The van der Waals surface area contributed by atoms with Gasteiger partial charge in [-0.25, -0.2) is 0 Å². The minimum Gasteiger partial charge on any atom is -0.485 e. The van der Waals surface area contributed by atoms with Crippen molar-refractivity contribution in [2.75, 3.05) is 6.61 Å². The Morgan fingerprint density at radius 1 is 1.24 bits per heavy atom. The molecule has 128 valence electrons. The third-order valence-corrected chi connectivity index (χ3v) is 5.30. The van der Waals surface area contributed by atoms with E-state index < -0.39 is 6.10 Å². The highest BCUT2D eigenvalue weighted by Crippen LogP contribution is 2.31. The Labute approximate surface area is 149 Å². The molecule has 0 spiro atoms. The van der Waals surface area contributed by atoms with Crippen LogP contribution >= 0.6 is 11.3 Å². The van der Waals surface area contributed by atoms with Crippen molar-refractivity contribution >= 4 is 27.5 Å². The molecule has 0 radical (unpaired) electrons. The molecule has 1 aromatic heterocycles. The van der Waals surface area contributed by atoms with Crippen molar-refractivity contribution < 1.29 is 14.3 Å². The van der Waals surface area contributed by atoms with Crippen LogP contribution in [0.4, 0.5) is 0 Å². The van der Waals surface area contributed by atoms with Gasteiger partial charge in [0.2, 0.25) is 6.10 Å². The van der Waals surface area contributed by atoms with Gasteiger partial charge in [-0.15, -0.1) is 0 Å². The molecule has 1 atom stereocenters. The van der Waals surface area contributed by atoms with E-state index in [2.05, 4.69) is 31.0 Å². The van der Waals surface area contributed by atoms with Gasteiger partial charge in [0, 0.05) is 7.05 Å². The van der Waals surface area contributed by atoms with E-state index in [1.54, 1.807) is 6.07 Å². The molecule has 5 nitrogen and oxygen atoms in total. The quantitative estimate of drug-likeness (QED) is 0.675. The fourth-order valence-corrected chi connectivity index (χ4v) is 4.30. The molecule has 6 heteroatoms. The average Bonchev–Trinajstić information content (AvgIpc) is 2.90. The van der Waals surface area contributed by atoms with Crippen LogP contribution in [0, 0.1) is 13.8 Å². The van der Waals surface area contributed by atoms with Crippen molar-refractivity contribution in [3.05, 3.63) is 52.3 Å². The maximum Gasteiger partial charge on any atom is 0.292 e. The van der Waals surface area contributed by atoms with Crippen molar-refractivity contribution in [3.63, 3.8) is 0 Å². The number of hydrogen-bond acceptors (Lipinski definition) is 4. The van der Waals surface area contributed by atoms with Crippen LogP contribution in [0.3, 0.4) is 0 Å². The monoisotopic (exact) mass is 354 g/mol. The number of rotatable bonds is 1. The lowest BCUT2D eigenvalue weighted by Crippen LogP contribution is -2.36. The highest BCUT2D eigenvalue weighted by Gasteiger charge is 2.27. The topological polar surface area (TPSA) is 52.8 Å². The molecule has 1 amide bonds. The molecule has 0 aliphatic carbocycles. The molecule has 0 N–H and O–H groups in total. The van der Waals surface area contributed by atoms with Crippen LogP contribution in [-0.4, -0.2) is 23.2 Å². The molecule has 4 rings (SSSR count). The standard InChI is InChI=1S/C19H18N2O3S/c1-11-8-12(2)17-16(9-11)25-19(21(17)3)20-18(22)15-10-23-13-6-4-5-7-14(13)24-15/h4-9,15H,10H2,1-3H3/t15-/m0/s1. The van der Waals surface area contributed by atoms with Gasteiger partial charge < -0.3 is 14.0 Å². The molecule has 0 saturated heterocycles. The predicted molar refractivity (Wildman–Crippen MR) is 97.2 cm³/mol. The molecule has 0 unspecified atom stereocenters. The Balaban J connectivity index is 1.70. The number of amides is 1. The van der Waals surface area contributed by atoms with Crippen LogP contribution in [0.2, 0.25) is 0 Å². The van der Waals surface area contributed by atoms with E-state index in [0.29, 0.717) is 16.3 Å². The number of carbonyl (C=O) groups excluding carboxylic acids is 1. The average molecular weight is 354 g/mol. The van der Waals surface area contributed by atoms with Gasteiger partial charge in [0.25, 0.3) is 5.91 Å². The van der Waals surface area contributed by atoms with Crippen LogP contribution in [-0.2, 0) is 11.8 Å². The molecule has 1 aliphatic heterocycles. The van der Waals surface area contributed by atoms with Gasteiger partial charge in [-0.1, -0.05) is 29.5 Å². The Hall–Kier alpha value is -2.60. The smallest absolute Gasteiger partial charge is 0.292 e. The van der Waals surface area contributed by atoms with Crippen molar-refractivity contribution in [3.8, 4) is 11.5 Å². The zero-order chi connectivity index (χ0) is 17.6. The largest absolute Gasteiger partial charge is 0.485 e. The number of aryl methyl sites for hydroxylation is 3. The summed E-state index contributed by atoms with van der Waals surface area (Å²) < 4.78 is 14.4. The number of para-hydroxylation sites is 2. The van der Waals surface area contributed by atoms with Gasteiger partial charge in [0.1, 0.15) is 6.61 Å². The molecule has 3 aromatic rings. The summed E-state index contributed by atoms with van der Waals surface area (Å²) in [6.45, 7) is 4.31. The first-order valence-electron chi connectivity index (χ1n) is 8.07.